The minimum absolute atomic E-state index is 0.0707. The van der Waals surface area contributed by atoms with E-state index in [4.69, 9.17) is 4.43 Å². The average molecular weight is 411 g/mol. The van der Waals surface area contributed by atoms with Crippen LogP contribution in [0.15, 0.2) is 24.3 Å². The Balaban J connectivity index is 1.89. The van der Waals surface area contributed by atoms with Gasteiger partial charge in [0, 0.05) is 24.3 Å². The molecular formula is C18H26N2O5SSi. The molecule has 1 heterocycles. The zero-order chi connectivity index (χ0) is 20.4. The van der Waals surface area contributed by atoms with Crippen LogP contribution in [0, 0.1) is 10.1 Å². The molecule has 7 nitrogen and oxygen atoms in total. The quantitative estimate of drug-likeness (QED) is 0.318. The van der Waals surface area contributed by atoms with E-state index in [1.165, 1.54) is 24.3 Å². The number of amides is 1. The van der Waals surface area contributed by atoms with Gasteiger partial charge < -0.3 is 9.74 Å². The van der Waals surface area contributed by atoms with E-state index < -0.39 is 18.5 Å². The summed E-state index contributed by atoms with van der Waals surface area (Å²) in [5.41, 5.74) is 0.278. The van der Waals surface area contributed by atoms with Crippen LogP contribution in [0.1, 0.15) is 37.6 Å². The SMILES string of the molecule is CC(C)(C)[Si](C)(C)OCC[C@H]1NC(=O)[C@H]1SC(=O)c1ccc([N+](=O)[O-])cc1. The number of hydrogen-bond donors (Lipinski definition) is 1. The topological polar surface area (TPSA) is 98.5 Å². The number of thioether (sulfide) groups is 1. The highest BCUT2D eigenvalue weighted by atomic mass is 32.2. The Morgan fingerprint density at radius 3 is 2.37 bits per heavy atom. The minimum atomic E-state index is -1.84. The third kappa shape index (κ3) is 5.17. The second-order valence-electron chi connectivity index (χ2n) is 8.14. The summed E-state index contributed by atoms with van der Waals surface area (Å²) in [5.74, 6) is -0.160. The molecule has 9 heteroatoms. The van der Waals surface area contributed by atoms with Crippen LogP contribution in [0.5, 0.6) is 0 Å². The molecule has 1 saturated heterocycles. The van der Waals surface area contributed by atoms with E-state index in [2.05, 4.69) is 39.2 Å². The molecule has 1 aromatic rings. The highest BCUT2D eigenvalue weighted by molar-refractivity contribution is 8.15. The number of hydrogen-bond acceptors (Lipinski definition) is 6. The highest BCUT2D eigenvalue weighted by Gasteiger charge is 2.42. The first-order chi connectivity index (χ1) is 12.4. The summed E-state index contributed by atoms with van der Waals surface area (Å²) in [7, 11) is -1.84. The van der Waals surface area contributed by atoms with E-state index in [1.54, 1.807) is 0 Å². The Labute approximate surface area is 164 Å². The van der Waals surface area contributed by atoms with E-state index in [-0.39, 0.29) is 27.8 Å². The Morgan fingerprint density at radius 2 is 1.89 bits per heavy atom. The lowest BCUT2D eigenvalue weighted by Gasteiger charge is -2.39. The molecule has 0 radical (unpaired) electrons. The zero-order valence-corrected chi connectivity index (χ0v) is 18.1. The molecule has 1 fully saturated rings. The summed E-state index contributed by atoms with van der Waals surface area (Å²) in [6.07, 6.45) is 0.656. The summed E-state index contributed by atoms with van der Waals surface area (Å²) in [6, 6.07) is 5.31. The Bertz CT molecular complexity index is 730. The van der Waals surface area contributed by atoms with Crippen LogP contribution in [-0.2, 0) is 9.22 Å². The van der Waals surface area contributed by atoms with Crippen molar-refractivity contribution in [2.75, 3.05) is 6.61 Å². The fourth-order valence-corrected chi connectivity index (χ4v) is 4.45. The van der Waals surface area contributed by atoms with Crippen molar-refractivity contribution in [3.8, 4) is 0 Å². The van der Waals surface area contributed by atoms with E-state index in [0.29, 0.717) is 18.6 Å². The first-order valence-corrected chi connectivity index (χ1v) is 12.6. The summed E-state index contributed by atoms with van der Waals surface area (Å²) in [6.45, 7) is 11.4. The van der Waals surface area contributed by atoms with Gasteiger partial charge in [0.15, 0.2) is 8.32 Å². The first kappa shape index (κ1) is 21.6. The Hall–Kier alpha value is -1.71. The summed E-state index contributed by atoms with van der Waals surface area (Å²) >= 11 is 0.968. The van der Waals surface area contributed by atoms with Gasteiger partial charge in [-0.15, -0.1) is 0 Å². The lowest BCUT2D eigenvalue weighted by atomic mass is 10.0. The molecule has 0 bridgehead atoms. The molecule has 1 aliphatic rings. The van der Waals surface area contributed by atoms with Crippen LogP contribution in [0.2, 0.25) is 18.1 Å². The van der Waals surface area contributed by atoms with Gasteiger partial charge in [0.25, 0.3) is 5.69 Å². The number of rotatable bonds is 7. The molecule has 1 aliphatic heterocycles. The minimum Gasteiger partial charge on any atom is -0.417 e. The molecule has 27 heavy (non-hydrogen) atoms. The normalized spacial score (nSPS) is 20.0. The molecule has 1 amide bonds. The van der Waals surface area contributed by atoms with Crippen LogP contribution in [0.25, 0.3) is 0 Å². The molecule has 148 valence electrons. The number of nitrogens with zero attached hydrogens (tertiary/aromatic N) is 1. The number of β-lactam (4-membered cyclic amide) rings is 1. The number of benzene rings is 1. The predicted octanol–water partition coefficient (Wildman–Crippen LogP) is 3.75. The van der Waals surface area contributed by atoms with Crippen LogP contribution in [0.3, 0.4) is 0 Å². The maximum atomic E-state index is 12.4. The maximum Gasteiger partial charge on any atom is 0.269 e. The predicted molar refractivity (Wildman–Crippen MR) is 109 cm³/mol. The monoisotopic (exact) mass is 410 g/mol. The molecule has 2 rings (SSSR count). The number of non-ortho nitro benzene ring substituents is 1. The van der Waals surface area contributed by atoms with Crippen LogP contribution in [-0.4, -0.2) is 42.2 Å². The van der Waals surface area contributed by atoms with Crippen molar-refractivity contribution >= 4 is 36.8 Å². The molecular weight excluding hydrogens is 384 g/mol. The third-order valence-electron chi connectivity index (χ3n) is 5.20. The lowest BCUT2D eigenvalue weighted by Crippen LogP contribution is -2.61. The van der Waals surface area contributed by atoms with Crippen LogP contribution >= 0.6 is 11.8 Å². The van der Waals surface area contributed by atoms with Crippen molar-refractivity contribution in [1.82, 2.24) is 5.32 Å². The van der Waals surface area contributed by atoms with Crippen molar-refractivity contribution in [3.05, 3.63) is 39.9 Å². The standard InChI is InChI=1S/C18H26N2O5SSi/c1-18(2,3)27(4,5)25-11-10-14-15(16(21)19-14)26-17(22)12-6-8-13(9-7-12)20(23)24/h6-9,14-15H,10-11H2,1-5H3,(H,19,21)/t14-,15+/m1/s1. The van der Waals surface area contributed by atoms with Gasteiger partial charge in [0.1, 0.15) is 5.25 Å². The van der Waals surface area contributed by atoms with Crippen molar-refractivity contribution in [2.45, 2.75) is 56.6 Å². The average Bonchev–Trinajstić information content (AvgIpc) is 2.57. The molecule has 0 saturated carbocycles. The van der Waals surface area contributed by atoms with Gasteiger partial charge in [-0.3, -0.25) is 19.7 Å². The smallest absolute Gasteiger partial charge is 0.269 e. The number of carbonyl (C=O) groups is 2. The van der Waals surface area contributed by atoms with Crippen molar-refractivity contribution in [2.24, 2.45) is 0 Å². The van der Waals surface area contributed by atoms with Gasteiger partial charge in [-0.1, -0.05) is 32.5 Å². The first-order valence-electron chi connectivity index (χ1n) is 8.82. The van der Waals surface area contributed by atoms with E-state index in [9.17, 15) is 19.7 Å². The summed E-state index contributed by atoms with van der Waals surface area (Å²) in [4.78, 5) is 34.4. The second kappa shape index (κ2) is 8.11. The van der Waals surface area contributed by atoms with E-state index in [1.807, 2.05) is 0 Å². The number of carbonyl (C=O) groups excluding carboxylic acids is 2. The molecule has 0 aromatic heterocycles. The van der Waals surface area contributed by atoms with E-state index >= 15 is 0 Å². The third-order valence-corrected chi connectivity index (χ3v) is 11.0. The van der Waals surface area contributed by atoms with E-state index in [0.717, 1.165) is 11.8 Å². The van der Waals surface area contributed by atoms with Crippen molar-refractivity contribution < 1.29 is 18.9 Å². The number of nitrogens with one attached hydrogen (secondary N) is 1. The number of nitro benzene ring substituents is 1. The van der Waals surface area contributed by atoms with Gasteiger partial charge in [0.2, 0.25) is 11.0 Å². The molecule has 1 N–H and O–H groups in total. The van der Waals surface area contributed by atoms with Gasteiger partial charge in [0.05, 0.1) is 11.0 Å². The van der Waals surface area contributed by atoms with Gasteiger partial charge in [-0.2, -0.15) is 0 Å². The van der Waals surface area contributed by atoms with Crippen LogP contribution < -0.4 is 5.32 Å². The molecule has 0 spiro atoms. The number of nitro groups is 1. The zero-order valence-electron chi connectivity index (χ0n) is 16.3. The van der Waals surface area contributed by atoms with Gasteiger partial charge in [-0.05, 0) is 36.7 Å². The van der Waals surface area contributed by atoms with Crippen molar-refractivity contribution in [1.29, 1.82) is 0 Å². The summed E-state index contributed by atoms with van der Waals surface area (Å²) < 4.78 is 6.14. The largest absolute Gasteiger partial charge is 0.417 e. The summed E-state index contributed by atoms with van der Waals surface area (Å²) in [5, 5.41) is 12.9. The van der Waals surface area contributed by atoms with Crippen molar-refractivity contribution in [3.63, 3.8) is 0 Å². The second-order valence-corrected chi connectivity index (χ2v) is 14.1. The Kier molecular flexibility index (Phi) is 6.49. The maximum absolute atomic E-state index is 12.4. The fraction of sp³-hybridized carbons (Fsp3) is 0.556. The molecule has 2 atom stereocenters. The van der Waals surface area contributed by atoms with Gasteiger partial charge >= 0.3 is 0 Å². The Morgan fingerprint density at radius 1 is 1.30 bits per heavy atom. The lowest BCUT2D eigenvalue weighted by molar-refractivity contribution is -0.384. The molecule has 0 aliphatic carbocycles. The van der Waals surface area contributed by atoms with Gasteiger partial charge in [-0.25, -0.2) is 0 Å². The molecule has 0 unspecified atom stereocenters. The fourth-order valence-electron chi connectivity index (χ4n) is 2.35. The highest BCUT2D eigenvalue weighted by Crippen LogP contribution is 2.37. The van der Waals surface area contributed by atoms with Crippen LogP contribution in [0.4, 0.5) is 5.69 Å². The molecule has 1 aromatic carbocycles.